The van der Waals surface area contributed by atoms with Gasteiger partial charge in [0.1, 0.15) is 19.3 Å². The molecule has 0 aromatic rings. The van der Waals surface area contributed by atoms with Crippen molar-refractivity contribution in [2.45, 2.75) is 439 Å². The molecule has 0 aliphatic heterocycles. The van der Waals surface area contributed by atoms with Gasteiger partial charge in [-0.25, -0.2) is 9.13 Å². The molecule has 0 spiro atoms. The van der Waals surface area contributed by atoms with Crippen LogP contribution in [0.2, 0.25) is 0 Å². The van der Waals surface area contributed by atoms with Crippen molar-refractivity contribution in [2.75, 3.05) is 39.6 Å². The molecule has 0 aliphatic carbocycles. The van der Waals surface area contributed by atoms with Crippen LogP contribution in [0.25, 0.3) is 0 Å². The third kappa shape index (κ3) is 74.1. The Morgan fingerprint density at radius 3 is 0.687 bits per heavy atom. The Kier molecular flexibility index (Phi) is 70.3. The summed E-state index contributed by atoms with van der Waals surface area (Å²) < 4.78 is 68.7. The molecule has 0 aromatic carbocycles. The summed E-state index contributed by atoms with van der Waals surface area (Å²) in [5, 5.41) is 10.6. The number of esters is 4. The standard InChI is InChI=1S/C80H156O17P2/c1-7-9-11-13-15-17-19-21-22-23-24-25-26-27-28-30-34-39-47-53-59-65-80(85)96-75(68-90-77(82)62-56-50-44-37-35-31-32-36-42-48-54-60-72(3)4)70-94-98(86,87)92-66-74(81)67-93-99(88,89)95-71-76(69-91-78(83)63-57-51-45-41-40-43-49-55-61-73(5)6)97-79(84)64-58-52-46-38-33-29-20-18-16-14-12-10-8-2/h72-76,81H,7-71H2,1-6H3,(H,86,87)(H,88,89)/t74-,75-,76-/m1/s1. The number of carbonyl (C=O) groups is 4. The highest BCUT2D eigenvalue weighted by Crippen LogP contribution is 2.45. The first-order valence-corrected chi connectivity index (χ1v) is 44.5. The predicted octanol–water partition coefficient (Wildman–Crippen LogP) is 23.9. The maximum Gasteiger partial charge on any atom is 0.472 e. The van der Waals surface area contributed by atoms with Gasteiger partial charge in [0.15, 0.2) is 12.2 Å². The van der Waals surface area contributed by atoms with E-state index in [-0.39, 0.29) is 25.7 Å². The molecule has 19 heteroatoms. The van der Waals surface area contributed by atoms with Crippen LogP contribution in [0.15, 0.2) is 0 Å². The van der Waals surface area contributed by atoms with E-state index in [4.69, 9.17) is 37.0 Å². The van der Waals surface area contributed by atoms with Gasteiger partial charge in [-0.15, -0.1) is 0 Å². The number of phosphoric ester groups is 2. The Balaban J connectivity index is 5.22. The summed E-state index contributed by atoms with van der Waals surface area (Å²) in [7, 11) is -9.92. The molecule has 588 valence electrons. The topological polar surface area (TPSA) is 237 Å². The highest BCUT2D eigenvalue weighted by molar-refractivity contribution is 7.47. The third-order valence-corrected chi connectivity index (χ3v) is 20.6. The minimum atomic E-state index is -4.96. The molecule has 2 unspecified atom stereocenters. The molecule has 0 bridgehead atoms. The molecule has 0 rings (SSSR count). The van der Waals surface area contributed by atoms with Crippen LogP contribution < -0.4 is 0 Å². The monoisotopic (exact) mass is 1450 g/mol. The second-order valence-electron chi connectivity index (χ2n) is 29.8. The lowest BCUT2D eigenvalue weighted by Crippen LogP contribution is -2.30. The summed E-state index contributed by atoms with van der Waals surface area (Å²) in [5.41, 5.74) is 0. The predicted molar refractivity (Wildman–Crippen MR) is 405 cm³/mol. The minimum Gasteiger partial charge on any atom is -0.462 e. The smallest absolute Gasteiger partial charge is 0.462 e. The summed E-state index contributed by atoms with van der Waals surface area (Å²) in [5.74, 6) is -0.613. The van der Waals surface area contributed by atoms with Gasteiger partial charge in [0.2, 0.25) is 0 Å². The molecular formula is C80H156O17P2. The molecule has 5 atom stereocenters. The lowest BCUT2D eigenvalue weighted by atomic mass is 10.0. The molecule has 0 saturated heterocycles. The summed E-state index contributed by atoms with van der Waals surface area (Å²) in [4.78, 5) is 73.0. The lowest BCUT2D eigenvalue weighted by molar-refractivity contribution is -0.161. The van der Waals surface area contributed by atoms with Gasteiger partial charge in [0, 0.05) is 25.7 Å². The summed E-state index contributed by atoms with van der Waals surface area (Å²) in [6.07, 6.45) is 61.1. The molecule has 0 aliphatic rings. The van der Waals surface area contributed by atoms with Crippen molar-refractivity contribution in [3.8, 4) is 0 Å². The van der Waals surface area contributed by atoms with E-state index in [0.717, 1.165) is 102 Å². The third-order valence-electron chi connectivity index (χ3n) is 18.7. The molecular weight excluding hydrogens is 1290 g/mol. The first kappa shape index (κ1) is 97.1. The lowest BCUT2D eigenvalue weighted by Gasteiger charge is -2.21. The number of carbonyl (C=O) groups excluding carboxylic acids is 4. The zero-order valence-electron chi connectivity index (χ0n) is 64.8. The molecule has 0 aromatic heterocycles. The number of hydrogen-bond donors (Lipinski definition) is 3. The molecule has 0 heterocycles. The number of hydrogen-bond acceptors (Lipinski definition) is 15. The van der Waals surface area contributed by atoms with Crippen LogP contribution in [-0.2, 0) is 65.4 Å². The SMILES string of the molecule is CCCCCCCCCCCCCCCCCCCCCCCC(=O)O[C@H](COC(=O)CCCCCCCCCCCCCC(C)C)COP(=O)(O)OC[C@@H](O)COP(=O)(O)OC[C@@H](COC(=O)CCCCCCCCCCC(C)C)OC(=O)CCCCCCCCCCCCCCC. The van der Waals surface area contributed by atoms with E-state index < -0.39 is 97.5 Å². The van der Waals surface area contributed by atoms with Gasteiger partial charge < -0.3 is 33.8 Å². The highest BCUT2D eigenvalue weighted by Gasteiger charge is 2.30. The fourth-order valence-electron chi connectivity index (χ4n) is 12.4. The molecule has 99 heavy (non-hydrogen) atoms. The normalized spacial score (nSPS) is 13.9. The van der Waals surface area contributed by atoms with Crippen molar-refractivity contribution in [1.29, 1.82) is 0 Å². The Morgan fingerprint density at radius 2 is 0.465 bits per heavy atom. The second-order valence-corrected chi connectivity index (χ2v) is 32.7. The van der Waals surface area contributed by atoms with Gasteiger partial charge in [-0.3, -0.25) is 37.3 Å². The van der Waals surface area contributed by atoms with Crippen molar-refractivity contribution in [3.05, 3.63) is 0 Å². The van der Waals surface area contributed by atoms with Crippen LogP contribution in [0.3, 0.4) is 0 Å². The van der Waals surface area contributed by atoms with Gasteiger partial charge in [-0.05, 0) is 37.5 Å². The number of aliphatic hydroxyl groups is 1. The van der Waals surface area contributed by atoms with Crippen LogP contribution in [-0.4, -0.2) is 96.7 Å². The van der Waals surface area contributed by atoms with Gasteiger partial charge in [-0.1, -0.05) is 369 Å². The average Bonchev–Trinajstić information content (AvgIpc) is 0.972. The van der Waals surface area contributed by atoms with Crippen molar-refractivity contribution >= 4 is 39.5 Å². The Morgan fingerprint density at radius 1 is 0.273 bits per heavy atom. The van der Waals surface area contributed by atoms with Crippen LogP contribution in [0.1, 0.15) is 420 Å². The second kappa shape index (κ2) is 71.7. The maximum absolute atomic E-state index is 13.1. The Bertz CT molecular complexity index is 1910. The van der Waals surface area contributed by atoms with E-state index in [1.165, 1.54) is 238 Å². The first-order valence-electron chi connectivity index (χ1n) is 41.5. The Hall–Kier alpha value is -1.94. The highest BCUT2D eigenvalue weighted by atomic mass is 31.2. The number of phosphoric acid groups is 2. The fourth-order valence-corrected chi connectivity index (χ4v) is 13.9. The molecule has 3 N–H and O–H groups in total. The largest absolute Gasteiger partial charge is 0.472 e. The molecule has 0 amide bonds. The van der Waals surface area contributed by atoms with E-state index in [9.17, 15) is 43.2 Å². The van der Waals surface area contributed by atoms with Gasteiger partial charge >= 0.3 is 39.5 Å². The van der Waals surface area contributed by atoms with Gasteiger partial charge in [0.05, 0.1) is 26.4 Å². The van der Waals surface area contributed by atoms with Crippen molar-refractivity contribution < 1.29 is 80.2 Å². The number of aliphatic hydroxyl groups excluding tert-OH is 1. The summed E-state index contributed by atoms with van der Waals surface area (Å²) in [6, 6.07) is 0. The van der Waals surface area contributed by atoms with Gasteiger partial charge in [0.25, 0.3) is 0 Å². The maximum atomic E-state index is 13.1. The van der Waals surface area contributed by atoms with Crippen molar-refractivity contribution in [2.24, 2.45) is 11.8 Å². The van der Waals surface area contributed by atoms with Crippen LogP contribution in [0.4, 0.5) is 0 Å². The van der Waals surface area contributed by atoms with Crippen LogP contribution in [0.5, 0.6) is 0 Å². The Labute approximate surface area is 607 Å². The molecule has 17 nitrogen and oxygen atoms in total. The van der Waals surface area contributed by atoms with E-state index in [1.807, 2.05) is 0 Å². The zero-order valence-corrected chi connectivity index (χ0v) is 66.6. The minimum absolute atomic E-state index is 0.107. The van der Waals surface area contributed by atoms with E-state index in [0.29, 0.717) is 25.7 Å². The van der Waals surface area contributed by atoms with Gasteiger partial charge in [-0.2, -0.15) is 0 Å². The average molecular weight is 1450 g/mol. The number of rotatable bonds is 79. The summed E-state index contributed by atoms with van der Waals surface area (Å²) >= 11 is 0. The van der Waals surface area contributed by atoms with Crippen molar-refractivity contribution in [3.63, 3.8) is 0 Å². The number of ether oxygens (including phenoxy) is 4. The molecule has 0 radical (unpaired) electrons. The zero-order chi connectivity index (χ0) is 72.8. The fraction of sp³-hybridized carbons (Fsp3) is 0.950. The summed E-state index contributed by atoms with van der Waals surface area (Å²) in [6.45, 7) is 9.59. The van der Waals surface area contributed by atoms with E-state index >= 15 is 0 Å². The first-order chi connectivity index (χ1) is 47.9. The van der Waals surface area contributed by atoms with Crippen molar-refractivity contribution in [1.82, 2.24) is 0 Å². The quantitative estimate of drug-likeness (QED) is 0.0222. The number of unbranched alkanes of at least 4 members (excludes halogenated alkanes) is 49. The van der Waals surface area contributed by atoms with E-state index in [2.05, 4.69) is 41.5 Å². The van der Waals surface area contributed by atoms with E-state index in [1.54, 1.807) is 0 Å². The molecule has 0 fully saturated rings. The van der Waals surface area contributed by atoms with Crippen LogP contribution >= 0.6 is 15.6 Å². The van der Waals surface area contributed by atoms with Crippen LogP contribution in [0, 0.1) is 11.8 Å². The molecule has 0 saturated carbocycles.